The summed E-state index contributed by atoms with van der Waals surface area (Å²) in [5, 5.41) is 8.23. The number of cyclic esters (lactones) is 1. The highest BCUT2D eigenvalue weighted by atomic mass is 17.1. The first-order chi connectivity index (χ1) is 6.22. The van der Waals surface area contributed by atoms with E-state index in [1.807, 2.05) is 6.92 Å². The first-order valence-corrected chi connectivity index (χ1v) is 4.34. The number of esters is 1. The van der Waals surface area contributed by atoms with Crippen LogP contribution in [0.25, 0.3) is 0 Å². The molecule has 5 nitrogen and oxygen atoms in total. The van der Waals surface area contributed by atoms with Crippen molar-refractivity contribution in [1.29, 1.82) is 0 Å². The van der Waals surface area contributed by atoms with Gasteiger partial charge in [-0.2, -0.15) is 0 Å². The van der Waals surface area contributed by atoms with Crippen LogP contribution in [0.4, 0.5) is 0 Å². The van der Waals surface area contributed by atoms with E-state index < -0.39 is 0 Å². The summed E-state index contributed by atoms with van der Waals surface area (Å²) in [6.07, 6.45) is 0.0538. The van der Waals surface area contributed by atoms with Gasteiger partial charge in [-0.25, -0.2) is 4.89 Å². The summed E-state index contributed by atoms with van der Waals surface area (Å²) in [6, 6.07) is 0. The van der Waals surface area contributed by atoms with E-state index in [1.54, 1.807) is 0 Å². The number of hydrogen-bond donors (Lipinski definition) is 1. The topological polar surface area (TPSA) is 65.0 Å². The minimum absolute atomic E-state index is 0.118. The van der Waals surface area contributed by atoms with Gasteiger partial charge >= 0.3 is 5.97 Å². The summed E-state index contributed by atoms with van der Waals surface area (Å²) in [5.41, 5.74) is 0. The Labute approximate surface area is 75.5 Å². The van der Waals surface area contributed by atoms with E-state index in [4.69, 9.17) is 14.7 Å². The molecule has 0 spiro atoms. The van der Waals surface area contributed by atoms with Gasteiger partial charge in [-0.15, -0.1) is 0 Å². The van der Waals surface area contributed by atoms with Crippen molar-refractivity contribution >= 4 is 5.97 Å². The van der Waals surface area contributed by atoms with E-state index in [2.05, 4.69) is 4.89 Å². The van der Waals surface area contributed by atoms with Crippen molar-refractivity contribution in [3.63, 3.8) is 0 Å². The summed E-state index contributed by atoms with van der Waals surface area (Å²) in [6.45, 7) is 1.93. The molecule has 74 valence electrons. The normalized spacial score (nSPS) is 43.4. The van der Waals surface area contributed by atoms with E-state index in [1.165, 1.54) is 0 Å². The van der Waals surface area contributed by atoms with Gasteiger partial charge in [0.2, 0.25) is 0 Å². The molecule has 0 unspecified atom stereocenters. The van der Waals surface area contributed by atoms with Crippen molar-refractivity contribution < 1.29 is 24.4 Å². The predicted molar refractivity (Wildman–Crippen MR) is 40.9 cm³/mol. The van der Waals surface area contributed by atoms with Crippen molar-refractivity contribution in [3.05, 3.63) is 0 Å². The molecule has 1 N–H and O–H groups in total. The summed E-state index contributed by atoms with van der Waals surface area (Å²) < 4.78 is 10.5. The molecule has 2 saturated heterocycles. The van der Waals surface area contributed by atoms with E-state index in [-0.39, 0.29) is 36.8 Å². The Kier molecular flexibility index (Phi) is 2.23. The van der Waals surface area contributed by atoms with Gasteiger partial charge in [-0.1, -0.05) is 0 Å². The molecule has 0 amide bonds. The zero-order valence-corrected chi connectivity index (χ0v) is 7.30. The maximum atomic E-state index is 11.2. The molecule has 0 bridgehead atoms. The number of hydrogen-bond acceptors (Lipinski definition) is 5. The van der Waals surface area contributed by atoms with Crippen LogP contribution in [-0.2, 0) is 19.2 Å². The Hall–Kier alpha value is -0.650. The Bertz CT molecular complexity index is 217. The number of fused-ring (bicyclic) bond motifs is 1. The van der Waals surface area contributed by atoms with Crippen LogP contribution in [0.2, 0.25) is 0 Å². The van der Waals surface area contributed by atoms with E-state index in [9.17, 15) is 4.79 Å². The van der Waals surface area contributed by atoms with Crippen molar-refractivity contribution in [2.45, 2.75) is 31.7 Å². The lowest BCUT2D eigenvalue weighted by molar-refractivity contribution is -0.259. The minimum Gasteiger partial charge on any atom is -0.460 e. The van der Waals surface area contributed by atoms with Gasteiger partial charge < -0.3 is 9.47 Å². The molecule has 0 aromatic carbocycles. The van der Waals surface area contributed by atoms with Gasteiger partial charge in [-0.05, 0) is 13.3 Å². The Morgan fingerprint density at radius 2 is 2.46 bits per heavy atom. The van der Waals surface area contributed by atoms with Crippen LogP contribution in [0.1, 0.15) is 13.3 Å². The fourth-order valence-electron chi connectivity index (χ4n) is 1.99. The van der Waals surface area contributed by atoms with Crippen LogP contribution < -0.4 is 0 Å². The first kappa shape index (κ1) is 8.93. The van der Waals surface area contributed by atoms with Gasteiger partial charge in [0.15, 0.2) is 0 Å². The fraction of sp³-hybridized carbons (Fsp3) is 0.875. The zero-order valence-electron chi connectivity index (χ0n) is 7.30. The third kappa shape index (κ3) is 1.43. The van der Waals surface area contributed by atoms with Gasteiger partial charge in [0.05, 0.1) is 12.0 Å². The Morgan fingerprint density at radius 1 is 1.69 bits per heavy atom. The molecule has 2 heterocycles. The number of carbonyl (C=O) groups excluding carboxylic acids is 1. The highest BCUT2D eigenvalue weighted by molar-refractivity contribution is 5.76. The van der Waals surface area contributed by atoms with Crippen LogP contribution in [0.5, 0.6) is 0 Å². The molecule has 2 aliphatic heterocycles. The second-order valence-electron chi connectivity index (χ2n) is 3.50. The van der Waals surface area contributed by atoms with Crippen LogP contribution in [0.3, 0.4) is 0 Å². The van der Waals surface area contributed by atoms with Crippen molar-refractivity contribution in [1.82, 2.24) is 0 Å². The maximum Gasteiger partial charge on any atom is 0.312 e. The van der Waals surface area contributed by atoms with Crippen LogP contribution >= 0.6 is 0 Å². The maximum absolute atomic E-state index is 11.2. The smallest absolute Gasteiger partial charge is 0.312 e. The summed E-state index contributed by atoms with van der Waals surface area (Å²) in [7, 11) is 0. The van der Waals surface area contributed by atoms with E-state index >= 15 is 0 Å². The van der Waals surface area contributed by atoms with Crippen molar-refractivity contribution in [3.8, 4) is 0 Å². The third-order valence-electron chi connectivity index (χ3n) is 2.59. The molecule has 13 heavy (non-hydrogen) atoms. The molecule has 0 aliphatic carbocycles. The molecular formula is C8H12O5. The number of ether oxygens (including phenoxy) is 2. The first-order valence-electron chi connectivity index (χ1n) is 4.34. The van der Waals surface area contributed by atoms with E-state index in [0.717, 1.165) is 0 Å². The van der Waals surface area contributed by atoms with E-state index in [0.29, 0.717) is 6.42 Å². The molecule has 2 rings (SSSR count). The second kappa shape index (κ2) is 3.25. The highest BCUT2D eigenvalue weighted by Crippen LogP contribution is 2.36. The van der Waals surface area contributed by atoms with Crippen molar-refractivity contribution in [2.75, 3.05) is 6.61 Å². The fourth-order valence-corrected chi connectivity index (χ4v) is 1.99. The summed E-state index contributed by atoms with van der Waals surface area (Å²) >= 11 is 0. The molecular weight excluding hydrogens is 176 g/mol. The predicted octanol–water partition coefficient (Wildman–Crippen LogP) is 0.195. The minimum atomic E-state index is -0.196. The molecule has 4 atom stereocenters. The molecule has 0 aromatic heterocycles. The lowest BCUT2D eigenvalue weighted by Crippen LogP contribution is -2.24. The Morgan fingerprint density at radius 3 is 3.08 bits per heavy atom. The lowest BCUT2D eigenvalue weighted by atomic mass is 10.00. The van der Waals surface area contributed by atoms with Crippen LogP contribution in [0.15, 0.2) is 0 Å². The Balaban J connectivity index is 2.00. The molecule has 0 radical (unpaired) electrons. The monoisotopic (exact) mass is 188 g/mol. The largest absolute Gasteiger partial charge is 0.460 e. The SMILES string of the molecule is C[C@@H]1OC(=O)[C@@H]2C[C@@H](COO)O[C@H]12. The van der Waals surface area contributed by atoms with Gasteiger partial charge in [0.1, 0.15) is 18.8 Å². The zero-order chi connectivity index (χ0) is 9.42. The molecule has 2 fully saturated rings. The van der Waals surface area contributed by atoms with Gasteiger partial charge in [-0.3, -0.25) is 10.1 Å². The van der Waals surface area contributed by atoms with Gasteiger partial charge in [0, 0.05) is 0 Å². The third-order valence-corrected chi connectivity index (χ3v) is 2.59. The van der Waals surface area contributed by atoms with Crippen molar-refractivity contribution in [2.24, 2.45) is 5.92 Å². The van der Waals surface area contributed by atoms with Gasteiger partial charge in [0.25, 0.3) is 0 Å². The molecule has 0 aromatic rings. The standard InChI is InChI=1S/C8H12O5/c1-4-7-6(8(9)12-4)2-5(13-7)3-11-10/h4-7,10H,2-3H2,1H3/t4-,5-,6+,7+/m0/s1. The lowest BCUT2D eigenvalue weighted by Gasteiger charge is -2.13. The average molecular weight is 188 g/mol. The molecule has 5 heteroatoms. The second-order valence-corrected chi connectivity index (χ2v) is 3.50. The number of carbonyl (C=O) groups is 1. The van der Waals surface area contributed by atoms with Crippen LogP contribution in [0, 0.1) is 5.92 Å². The molecule has 0 saturated carbocycles. The van der Waals surface area contributed by atoms with Crippen LogP contribution in [-0.4, -0.2) is 36.1 Å². The number of rotatable bonds is 2. The highest BCUT2D eigenvalue weighted by Gasteiger charge is 2.50. The summed E-state index contributed by atoms with van der Waals surface area (Å²) in [4.78, 5) is 15.2. The quantitative estimate of drug-likeness (QED) is 0.381. The summed E-state index contributed by atoms with van der Waals surface area (Å²) in [5.74, 6) is -0.368. The average Bonchev–Trinajstić information content (AvgIpc) is 2.57. The molecule has 2 aliphatic rings.